The molecule has 0 spiro atoms. The van der Waals surface area contributed by atoms with Gasteiger partial charge in [-0.05, 0) is 37.2 Å². The van der Waals surface area contributed by atoms with E-state index in [0.29, 0.717) is 6.54 Å². The molecule has 0 aliphatic rings. The molecule has 0 unspecified atom stereocenters. The van der Waals surface area contributed by atoms with E-state index in [0.717, 1.165) is 30.0 Å². The standard InChI is InChI=1S/C13H17N5/c1-18(10-2-7-14)13-4-3-12(16-17-13)11-5-8-15-9-6-11/h3-6,8-9H,2,7,10,14H2,1H3. The number of hydrogen-bond acceptors (Lipinski definition) is 5. The summed E-state index contributed by atoms with van der Waals surface area (Å²) in [7, 11) is 1.99. The zero-order valence-electron chi connectivity index (χ0n) is 10.5. The first-order chi connectivity index (χ1) is 8.81. The van der Waals surface area contributed by atoms with Gasteiger partial charge < -0.3 is 10.6 Å². The fourth-order valence-corrected chi connectivity index (χ4v) is 1.65. The number of rotatable bonds is 5. The van der Waals surface area contributed by atoms with Crippen LogP contribution in [0.3, 0.4) is 0 Å². The molecule has 2 aromatic rings. The largest absolute Gasteiger partial charge is 0.358 e. The lowest BCUT2D eigenvalue weighted by molar-refractivity contribution is 0.778. The van der Waals surface area contributed by atoms with E-state index in [4.69, 9.17) is 5.73 Å². The van der Waals surface area contributed by atoms with Crippen LogP contribution in [0.4, 0.5) is 5.82 Å². The Bertz CT molecular complexity index is 469. The smallest absolute Gasteiger partial charge is 0.151 e. The van der Waals surface area contributed by atoms with Crippen molar-refractivity contribution in [3.63, 3.8) is 0 Å². The quantitative estimate of drug-likeness (QED) is 0.858. The Balaban J connectivity index is 2.10. The number of anilines is 1. The Hall–Kier alpha value is -2.01. The molecule has 94 valence electrons. The van der Waals surface area contributed by atoms with Crippen molar-refractivity contribution in [2.75, 3.05) is 25.0 Å². The zero-order chi connectivity index (χ0) is 12.8. The molecule has 2 N–H and O–H groups in total. The van der Waals surface area contributed by atoms with E-state index in [1.807, 2.05) is 31.3 Å². The summed E-state index contributed by atoms with van der Waals surface area (Å²) in [6.45, 7) is 1.58. The van der Waals surface area contributed by atoms with Crippen LogP contribution in [-0.4, -0.2) is 35.3 Å². The highest BCUT2D eigenvalue weighted by atomic mass is 15.2. The predicted octanol–water partition coefficient (Wildman–Crippen LogP) is 1.32. The summed E-state index contributed by atoms with van der Waals surface area (Å²) < 4.78 is 0. The van der Waals surface area contributed by atoms with Crippen LogP contribution in [0.2, 0.25) is 0 Å². The first kappa shape index (κ1) is 12.4. The highest BCUT2D eigenvalue weighted by molar-refractivity contribution is 5.58. The molecule has 5 heteroatoms. The maximum Gasteiger partial charge on any atom is 0.151 e. The predicted molar refractivity (Wildman–Crippen MR) is 72.2 cm³/mol. The minimum absolute atomic E-state index is 0.687. The van der Waals surface area contributed by atoms with Gasteiger partial charge in [0.25, 0.3) is 0 Å². The van der Waals surface area contributed by atoms with Gasteiger partial charge in [0.2, 0.25) is 0 Å². The van der Waals surface area contributed by atoms with E-state index in [-0.39, 0.29) is 0 Å². The van der Waals surface area contributed by atoms with Crippen LogP contribution < -0.4 is 10.6 Å². The molecule has 0 saturated heterocycles. The average molecular weight is 243 g/mol. The number of aromatic nitrogens is 3. The number of nitrogens with zero attached hydrogens (tertiary/aromatic N) is 4. The first-order valence-corrected chi connectivity index (χ1v) is 5.96. The summed E-state index contributed by atoms with van der Waals surface area (Å²) in [4.78, 5) is 6.03. The van der Waals surface area contributed by atoms with Crippen molar-refractivity contribution in [2.45, 2.75) is 6.42 Å². The Morgan fingerprint density at radius 1 is 1.11 bits per heavy atom. The van der Waals surface area contributed by atoms with Gasteiger partial charge in [0.15, 0.2) is 5.82 Å². The summed E-state index contributed by atoms with van der Waals surface area (Å²) in [5, 5.41) is 8.45. The van der Waals surface area contributed by atoms with Gasteiger partial charge in [0.05, 0.1) is 5.69 Å². The summed E-state index contributed by atoms with van der Waals surface area (Å²) in [6.07, 6.45) is 4.45. The molecule has 2 heterocycles. The Morgan fingerprint density at radius 3 is 2.50 bits per heavy atom. The maximum absolute atomic E-state index is 5.49. The lowest BCUT2D eigenvalue weighted by atomic mass is 10.2. The van der Waals surface area contributed by atoms with Crippen molar-refractivity contribution < 1.29 is 0 Å². The van der Waals surface area contributed by atoms with E-state index >= 15 is 0 Å². The van der Waals surface area contributed by atoms with Gasteiger partial charge in [-0.15, -0.1) is 10.2 Å². The van der Waals surface area contributed by atoms with Crippen LogP contribution >= 0.6 is 0 Å². The molecule has 5 nitrogen and oxygen atoms in total. The van der Waals surface area contributed by atoms with Crippen LogP contribution in [-0.2, 0) is 0 Å². The third-order valence-corrected chi connectivity index (χ3v) is 2.72. The molecule has 0 aliphatic heterocycles. The van der Waals surface area contributed by atoms with Crippen molar-refractivity contribution in [3.8, 4) is 11.3 Å². The number of pyridine rings is 1. The van der Waals surface area contributed by atoms with Crippen molar-refractivity contribution in [3.05, 3.63) is 36.7 Å². The van der Waals surface area contributed by atoms with Gasteiger partial charge in [-0.25, -0.2) is 0 Å². The van der Waals surface area contributed by atoms with Crippen molar-refractivity contribution in [1.82, 2.24) is 15.2 Å². The molecule has 0 atom stereocenters. The molecular formula is C13H17N5. The molecule has 0 bridgehead atoms. The van der Waals surface area contributed by atoms with Crippen LogP contribution in [0.25, 0.3) is 11.3 Å². The van der Waals surface area contributed by atoms with Crippen LogP contribution in [0.1, 0.15) is 6.42 Å². The summed E-state index contributed by atoms with van der Waals surface area (Å²) in [6, 6.07) is 7.78. The molecule has 0 fully saturated rings. The van der Waals surface area contributed by atoms with E-state index in [1.54, 1.807) is 12.4 Å². The maximum atomic E-state index is 5.49. The fourth-order valence-electron chi connectivity index (χ4n) is 1.65. The highest BCUT2D eigenvalue weighted by Crippen LogP contribution is 2.16. The second-order valence-electron chi connectivity index (χ2n) is 4.08. The monoisotopic (exact) mass is 243 g/mol. The molecule has 2 rings (SSSR count). The second kappa shape index (κ2) is 6.07. The molecule has 2 aromatic heterocycles. The van der Waals surface area contributed by atoms with Crippen molar-refractivity contribution in [1.29, 1.82) is 0 Å². The molecule has 0 radical (unpaired) electrons. The SMILES string of the molecule is CN(CCCN)c1ccc(-c2ccncc2)nn1. The summed E-state index contributed by atoms with van der Waals surface area (Å²) in [5.74, 6) is 0.862. The minimum Gasteiger partial charge on any atom is -0.358 e. The normalized spacial score (nSPS) is 10.3. The van der Waals surface area contributed by atoms with Crippen LogP contribution in [0.5, 0.6) is 0 Å². The number of nitrogens with two attached hydrogens (primary N) is 1. The first-order valence-electron chi connectivity index (χ1n) is 5.96. The van der Waals surface area contributed by atoms with Gasteiger partial charge >= 0.3 is 0 Å². The average Bonchev–Trinajstić information content (AvgIpc) is 2.46. The molecule has 0 aromatic carbocycles. The van der Waals surface area contributed by atoms with Crippen LogP contribution in [0, 0.1) is 0 Å². The topological polar surface area (TPSA) is 67.9 Å². The lowest BCUT2D eigenvalue weighted by Gasteiger charge is -2.16. The molecule has 0 amide bonds. The number of hydrogen-bond donors (Lipinski definition) is 1. The third kappa shape index (κ3) is 3.01. The summed E-state index contributed by atoms with van der Waals surface area (Å²) >= 11 is 0. The van der Waals surface area contributed by atoms with Gasteiger partial charge in [-0.1, -0.05) is 0 Å². The van der Waals surface area contributed by atoms with Gasteiger partial charge in [-0.2, -0.15) is 0 Å². The molecule has 18 heavy (non-hydrogen) atoms. The lowest BCUT2D eigenvalue weighted by Crippen LogP contribution is -2.22. The van der Waals surface area contributed by atoms with Crippen molar-refractivity contribution >= 4 is 5.82 Å². The van der Waals surface area contributed by atoms with E-state index in [2.05, 4.69) is 20.1 Å². The molecule has 0 aliphatic carbocycles. The minimum atomic E-state index is 0.687. The van der Waals surface area contributed by atoms with Gasteiger partial charge in [0.1, 0.15) is 0 Å². The van der Waals surface area contributed by atoms with Gasteiger partial charge in [-0.3, -0.25) is 4.98 Å². The third-order valence-electron chi connectivity index (χ3n) is 2.72. The summed E-state index contributed by atoms with van der Waals surface area (Å²) in [5.41, 5.74) is 7.36. The molecule has 0 saturated carbocycles. The van der Waals surface area contributed by atoms with Crippen molar-refractivity contribution in [2.24, 2.45) is 5.73 Å². The van der Waals surface area contributed by atoms with Gasteiger partial charge in [0, 0.05) is 31.5 Å². The second-order valence-corrected chi connectivity index (χ2v) is 4.08. The van der Waals surface area contributed by atoms with Crippen LogP contribution in [0.15, 0.2) is 36.7 Å². The Morgan fingerprint density at radius 2 is 1.89 bits per heavy atom. The fraction of sp³-hybridized carbons (Fsp3) is 0.308. The Labute approximate surface area is 107 Å². The highest BCUT2D eigenvalue weighted by Gasteiger charge is 2.04. The van der Waals surface area contributed by atoms with E-state index < -0.39 is 0 Å². The zero-order valence-corrected chi connectivity index (χ0v) is 10.5. The van der Waals surface area contributed by atoms with E-state index in [9.17, 15) is 0 Å². The molecular weight excluding hydrogens is 226 g/mol. The van der Waals surface area contributed by atoms with E-state index in [1.165, 1.54) is 0 Å². The Kier molecular flexibility index (Phi) is 4.20.